The number of carbonyl (C=O) groups excluding carboxylic acids is 1. The van der Waals surface area contributed by atoms with Crippen LogP contribution in [0.4, 0.5) is 5.69 Å². The van der Waals surface area contributed by atoms with Gasteiger partial charge in [-0.15, -0.1) is 0 Å². The maximum Gasteiger partial charge on any atom is 0.259 e. The average Bonchev–Trinajstić information content (AvgIpc) is 2.69. The summed E-state index contributed by atoms with van der Waals surface area (Å²) in [6.45, 7) is 2.39. The van der Waals surface area contributed by atoms with E-state index in [1.54, 1.807) is 12.1 Å². The molecule has 3 rings (SSSR count). The highest BCUT2D eigenvalue weighted by molar-refractivity contribution is 5.95. The fourth-order valence-electron chi connectivity index (χ4n) is 2.66. The zero-order valence-electron chi connectivity index (χ0n) is 15.0. The minimum Gasteiger partial charge on any atom is -0.504 e. The second-order valence-corrected chi connectivity index (χ2v) is 5.83. The molecule has 0 aromatic heterocycles. The van der Waals surface area contributed by atoms with Crippen molar-refractivity contribution in [1.82, 2.24) is 5.43 Å². The molecule has 0 bridgehead atoms. The molecule has 6 nitrogen and oxygen atoms in total. The first-order valence-electron chi connectivity index (χ1n) is 8.66. The number of phenols is 1. The van der Waals surface area contributed by atoms with Crippen LogP contribution in [0.1, 0.15) is 12.5 Å². The Labute approximate surface area is 157 Å². The molecular formula is C21H21N3O3. The molecule has 0 spiro atoms. The van der Waals surface area contributed by atoms with E-state index in [9.17, 15) is 9.90 Å². The van der Waals surface area contributed by atoms with E-state index in [0.29, 0.717) is 17.9 Å². The van der Waals surface area contributed by atoms with Crippen LogP contribution in [0.15, 0.2) is 65.8 Å². The van der Waals surface area contributed by atoms with Gasteiger partial charge in [0.1, 0.15) is 0 Å². The molecule has 0 aliphatic carbocycles. The number of carbonyl (C=O) groups is 1. The van der Waals surface area contributed by atoms with Crippen molar-refractivity contribution in [2.75, 3.05) is 18.5 Å². The minimum absolute atomic E-state index is 0.0670. The number of hydrogen-bond acceptors (Lipinski definition) is 5. The Morgan fingerprint density at radius 2 is 1.96 bits per heavy atom. The van der Waals surface area contributed by atoms with Crippen molar-refractivity contribution in [3.63, 3.8) is 0 Å². The molecule has 0 saturated heterocycles. The van der Waals surface area contributed by atoms with Gasteiger partial charge >= 0.3 is 0 Å². The third-order valence-corrected chi connectivity index (χ3v) is 3.92. The van der Waals surface area contributed by atoms with Gasteiger partial charge in [0, 0.05) is 11.1 Å². The van der Waals surface area contributed by atoms with E-state index < -0.39 is 0 Å². The number of benzene rings is 3. The van der Waals surface area contributed by atoms with Crippen LogP contribution in [0.2, 0.25) is 0 Å². The van der Waals surface area contributed by atoms with Crippen LogP contribution < -0.4 is 15.5 Å². The fraction of sp³-hybridized carbons (Fsp3) is 0.143. The predicted octanol–water partition coefficient (Wildman–Crippen LogP) is 3.51. The monoisotopic (exact) mass is 363 g/mol. The summed E-state index contributed by atoms with van der Waals surface area (Å²) >= 11 is 0. The number of anilines is 1. The third-order valence-electron chi connectivity index (χ3n) is 3.92. The van der Waals surface area contributed by atoms with E-state index >= 15 is 0 Å². The number of hydrazone groups is 1. The molecule has 1 amide bonds. The van der Waals surface area contributed by atoms with Crippen molar-refractivity contribution in [3.05, 3.63) is 66.2 Å². The standard InChI is InChI=1S/C21H21N3O3/c1-2-27-20-12-15(10-11-19(20)25)13-23-24-21(26)14-22-18-9-5-7-16-6-3-4-8-17(16)18/h3-13,22,25H,2,14H2,1H3,(H,24,26)/b23-13-. The highest BCUT2D eigenvalue weighted by Gasteiger charge is 2.04. The summed E-state index contributed by atoms with van der Waals surface area (Å²) in [4.78, 5) is 12.0. The number of ether oxygens (including phenoxy) is 1. The summed E-state index contributed by atoms with van der Waals surface area (Å²) in [5, 5.41) is 18.9. The second kappa shape index (κ2) is 8.71. The lowest BCUT2D eigenvalue weighted by molar-refractivity contribution is -0.119. The summed E-state index contributed by atoms with van der Waals surface area (Å²) in [6.07, 6.45) is 1.50. The quantitative estimate of drug-likeness (QED) is 0.443. The lowest BCUT2D eigenvalue weighted by atomic mass is 10.1. The number of phenolic OH excluding ortho intramolecular Hbond substituents is 1. The molecule has 0 fully saturated rings. The zero-order chi connectivity index (χ0) is 19.1. The lowest BCUT2D eigenvalue weighted by Gasteiger charge is -2.09. The Bertz CT molecular complexity index is 965. The first-order chi connectivity index (χ1) is 13.2. The van der Waals surface area contributed by atoms with E-state index in [1.165, 1.54) is 12.3 Å². The van der Waals surface area contributed by atoms with Crippen LogP contribution >= 0.6 is 0 Å². The molecule has 0 radical (unpaired) electrons. The average molecular weight is 363 g/mol. The lowest BCUT2D eigenvalue weighted by Crippen LogP contribution is -2.25. The molecule has 0 atom stereocenters. The van der Waals surface area contributed by atoms with Crippen LogP contribution in [0, 0.1) is 0 Å². The Balaban J connectivity index is 1.57. The van der Waals surface area contributed by atoms with Crippen LogP contribution in [-0.4, -0.2) is 30.4 Å². The van der Waals surface area contributed by atoms with Crippen LogP contribution in [-0.2, 0) is 4.79 Å². The Morgan fingerprint density at radius 1 is 1.15 bits per heavy atom. The number of rotatable bonds is 7. The van der Waals surface area contributed by atoms with Gasteiger partial charge in [-0.05, 0) is 42.1 Å². The third kappa shape index (κ3) is 4.76. The molecular weight excluding hydrogens is 342 g/mol. The van der Waals surface area contributed by atoms with Gasteiger partial charge in [0.15, 0.2) is 11.5 Å². The fourth-order valence-corrected chi connectivity index (χ4v) is 2.66. The van der Waals surface area contributed by atoms with Crippen LogP contribution in [0.3, 0.4) is 0 Å². The molecule has 138 valence electrons. The number of fused-ring (bicyclic) bond motifs is 1. The summed E-state index contributed by atoms with van der Waals surface area (Å²) in [6, 6.07) is 18.7. The van der Waals surface area contributed by atoms with Crippen molar-refractivity contribution < 1.29 is 14.6 Å². The normalized spacial score (nSPS) is 10.9. The number of nitrogens with zero attached hydrogens (tertiary/aromatic N) is 1. The Kier molecular flexibility index (Phi) is 5.89. The first-order valence-corrected chi connectivity index (χ1v) is 8.66. The molecule has 0 saturated carbocycles. The van der Waals surface area contributed by atoms with E-state index in [2.05, 4.69) is 15.8 Å². The van der Waals surface area contributed by atoms with Gasteiger partial charge in [0.25, 0.3) is 5.91 Å². The predicted molar refractivity (Wildman–Crippen MR) is 107 cm³/mol. The second-order valence-electron chi connectivity index (χ2n) is 5.83. The topological polar surface area (TPSA) is 83.0 Å². The van der Waals surface area contributed by atoms with Gasteiger partial charge < -0.3 is 15.2 Å². The maximum atomic E-state index is 12.0. The number of amides is 1. The molecule has 0 heterocycles. The van der Waals surface area contributed by atoms with Gasteiger partial charge in [-0.25, -0.2) is 5.43 Å². The number of hydrogen-bond donors (Lipinski definition) is 3. The Hall–Kier alpha value is -3.54. The molecule has 0 unspecified atom stereocenters. The van der Waals surface area contributed by atoms with E-state index in [4.69, 9.17) is 4.74 Å². The van der Waals surface area contributed by atoms with Crippen molar-refractivity contribution in [3.8, 4) is 11.5 Å². The van der Waals surface area contributed by atoms with Crippen LogP contribution in [0.25, 0.3) is 10.8 Å². The summed E-state index contributed by atoms with van der Waals surface area (Å²) < 4.78 is 5.32. The van der Waals surface area contributed by atoms with Gasteiger partial charge in [-0.3, -0.25) is 4.79 Å². The van der Waals surface area contributed by atoms with Gasteiger partial charge in [0.2, 0.25) is 0 Å². The Morgan fingerprint density at radius 3 is 2.81 bits per heavy atom. The maximum absolute atomic E-state index is 12.0. The molecule has 3 aromatic carbocycles. The highest BCUT2D eigenvalue weighted by Crippen LogP contribution is 2.26. The van der Waals surface area contributed by atoms with Gasteiger partial charge in [-0.1, -0.05) is 36.4 Å². The summed E-state index contributed by atoms with van der Waals surface area (Å²) in [5.41, 5.74) is 4.08. The van der Waals surface area contributed by atoms with E-state index in [-0.39, 0.29) is 18.2 Å². The molecule has 0 aliphatic heterocycles. The van der Waals surface area contributed by atoms with Crippen molar-refractivity contribution in [2.45, 2.75) is 6.92 Å². The molecule has 3 aromatic rings. The van der Waals surface area contributed by atoms with Gasteiger partial charge in [0.05, 0.1) is 19.4 Å². The van der Waals surface area contributed by atoms with Crippen molar-refractivity contribution in [2.24, 2.45) is 5.10 Å². The first kappa shape index (κ1) is 18.3. The molecule has 3 N–H and O–H groups in total. The molecule has 0 aliphatic rings. The number of aromatic hydroxyl groups is 1. The largest absolute Gasteiger partial charge is 0.504 e. The number of nitrogens with one attached hydrogen (secondary N) is 2. The van der Waals surface area contributed by atoms with Crippen molar-refractivity contribution >= 4 is 28.6 Å². The minimum atomic E-state index is -0.261. The van der Waals surface area contributed by atoms with Crippen LogP contribution in [0.5, 0.6) is 11.5 Å². The SMILES string of the molecule is CCOc1cc(/C=N\NC(=O)CNc2cccc3ccccc23)ccc1O. The summed E-state index contributed by atoms with van der Waals surface area (Å²) in [7, 11) is 0. The zero-order valence-corrected chi connectivity index (χ0v) is 15.0. The van der Waals surface area contributed by atoms with E-state index in [1.807, 2.05) is 49.4 Å². The van der Waals surface area contributed by atoms with Crippen molar-refractivity contribution in [1.29, 1.82) is 0 Å². The molecule has 27 heavy (non-hydrogen) atoms. The smallest absolute Gasteiger partial charge is 0.259 e. The molecule has 6 heteroatoms. The highest BCUT2D eigenvalue weighted by atomic mass is 16.5. The summed E-state index contributed by atoms with van der Waals surface area (Å²) in [5.74, 6) is 0.186. The van der Waals surface area contributed by atoms with E-state index in [0.717, 1.165) is 16.5 Å². The van der Waals surface area contributed by atoms with Gasteiger partial charge in [-0.2, -0.15) is 5.10 Å².